The number of hydrogen-bond donors (Lipinski definition) is 0. The Labute approximate surface area is 160 Å². The van der Waals surface area contributed by atoms with Gasteiger partial charge in [-0.05, 0) is 30.5 Å². The molecular formula is C23H26O4. The van der Waals surface area contributed by atoms with Crippen LogP contribution in [-0.4, -0.2) is 24.6 Å². The van der Waals surface area contributed by atoms with Crippen LogP contribution in [-0.2, 0) is 11.2 Å². The number of methoxy groups -OCH3 is 1. The molecule has 0 bridgehead atoms. The summed E-state index contributed by atoms with van der Waals surface area (Å²) < 4.78 is 4.63. The van der Waals surface area contributed by atoms with Gasteiger partial charge in [-0.25, -0.2) is 4.79 Å². The van der Waals surface area contributed by atoms with Crippen molar-refractivity contribution in [3.8, 4) is 0 Å². The second kappa shape index (κ2) is 10.4. The summed E-state index contributed by atoms with van der Waals surface area (Å²) in [6.07, 6.45) is 5.67. The van der Waals surface area contributed by atoms with Crippen LogP contribution >= 0.6 is 0 Å². The van der Waals surface area contributed by atoms with Gasteiger partial charge in [0.2, 0.25) is 0 Å². The lowest BCUT2D eigenvalue weighted by atomic mass is 9.99. The fraction of sp³-hybridized carbons (Fsp3) is 0.348. The number of ketones is 2. The van der Waals surface area contributed by atoms with Crippen molar-refractivity contribution < 1.29 is 19.1 Å². The van der Waals surface area contributed by atoms with Crippen LogP contribution in [0.5, 0.6) is 0 Å². The molecule has 2 aromatic rings. The number of aryl methyl sites for hydroxylation is 1. The van der Waals surface area contributed by atoms with Crippen molar-refractivity contribution >= 4 is 17.5 Å². The molecule has 2 rings (SSSR count). The highest BCUT2D eigenvalue weighted by Gasteiger charge is 2.14. The summed E-state index contributed by atoms with van der Waals surface area (Å²) in [6, 6.07) is 13.7. The first-order chi connectivity index (χ1) is 13.0. The summed E-state index contributed by atoms with van der Waals surface area (Å²) in [5.41, 5.74) is 2.54. The molecule has 0 unspecified atom stereocenters. The number of carbonyl (C=O) groups is 3. The number of ether oxygens (including phenoxy) is 1. The van der Waals surface area contributed by atoms with Crippen molar-refractivity contribution in [2.75, 3.05) is 7.11 Å². The average molecular weight is 366 g/mol. The van der Waals surface area contributed by atoms with Crippen LogP contribution in [0.15, 0.2) is 48.5 Å². The average Bonchev–Trinajstić information content (AvgIpc) is 2.71. The van der Waals surface area contributed by atoms with E-state index in [1.54, 1.807) is 24.3 Å². The van der Waals surface area contributed by atoms with Crippen molar-refractivity contribution in [2.24, 2.45) is 0 Å². The number of carbonyl (C=O) groups excluding carboxylic acids is 3. The molecule has 0 amide bonds. The highest BCUT2D eigenvalue weighted by Crippen LogP contribution is 2.14. The zero-order valence-electron chi connectivity index (χ0n) is 16.0. The molecule has 0 aliphatic carbocycles. The minimum absolute atomic E-state index is 0.187. The maximum Gasteiger partial charge on any atom is 0.337 e. The molecule has 4 nitrogen and oxygen atoms in total. The van der Waals surface area contributed by atoms with E-state index in [1.807, 2.05) is 12.1 Å². The predicted octanol–water partition coefficient (Wildman–Crippen LogP) is 5.05. The molecule has 0 heterocycles. The van der Waals surface area contributed by atoms with Gasteiger partial charge in [0, 0.05) is 11.1 Å². The largest absolute Gasteiger partial charge is 0.465 e. The molecule has 0 saturated carbocycles. The minimum Gasteiger partial charge on any atom is -0.465 e. The van der Waals surface area contributed by atoms with Gasteiger partial charge in [-0.3, -0.25) is 9.59 Å². The lowest BCUT2D eigenvalue weighted by Crippen LogP contribution is -2.09. The lowest BCUT2D eigenvalue weighted by molar-refractivity contribution is 0.0600. The third kappa shape index (κ3) is 6.17. The van der Waals surface area contributed by atoms with Crippen LogP contribution < -0.4 is 0 Å². The Bertz CT molecular complexity index is 773. The van der Waals surface area contributed by atoms with Gasteiger partial charge in [-0.15, -0.1) is 0 Å². The molecule has 0 spiro atoms. The topological polar surface area (TPSA) is 60.4 Å². The molecule has 0 aliphatic heterocycles. The summed E-state index contributed by atoms with van der Waals surface area (Å²) in [6.45, 7) is 2.19. The molecule has 142 valence electrons. The Balaban J connectivity index is 1.92. The molecule has 0 atom stereocenters. The van der Waals surface area contributed by atoms with E-state index < -0.39 is 5.97 Å². The molecule has 0 fully saturated rings. The fourth-order valence-electron chi connectivity index (χ4n) is 2.87. The quantitative estimate of drug-likeness (QED) is 0.255. The van der Waals surface area contributed by atoms with E-state index in [-0.39, 0.29) is 18.0 Å². The first kappa shape index (κ1) is 20.6. The van der Waals surface area contributed by atoms with Crippen molar-refractivity contribution in [1.29, 1.82) is 0 Å². The summed E-state index contributed by atoms with van der Waals surface area (Å²) >= 11 is 0. The zero-order chi connectivity index (χ0) is 19.6. The lowest BCUT2D eigenvalue weighted by Gasteiger charge is -2.05. The van der Waals surface area contributed by atoms with Gasteiger partial charge in [0.25, 0.3) is 0 Å². The summed E-state index contributed by atoms with van der Waals surface area (Å²) in [4.78, 5) is 36.1. The van der Waals surface area contributed by atoms with Crippen molar-refractivity contribution in [1.82, 2.24) is 0 Å². The molecule has 27 heavy (non-hydrogen) atoms. The molecule has 0 aromatic heterocycles. The van der Waals surface area contributed by atoms with Crippen LogP contribution in [0.3, 0.4) is 0 Å². The third-order valence-electron chi connectivity index (χ3n) is 4.54. The van der Waals surface area contributed by atoms with Crippen LogP contribution in [0.25, 0.3) is 0 Å². The van der Waals surface area contributed by atoms with Crippen molar-refractivity contribution in [2.45, 2.75) is 45.4 Å². The maximum atomic E-state index is 12.4. The van der Waals surface area contributed by atoms with Gasteiger partial charge in [-0.2, -0.15) is 0 Å². The Kier molecular flexibility index (Phi) is 7.93. The number of unbranched alkanes of at least 4 members (excludes halogenated alkanes) is 3. The minimum atomic E-state index is -0.458. The third-order valence-corrected chi connectivity index (χ3v) is 4.54. The van der Waals surface area contributed by atoms with Crippen LogP contribution in [0, 0.1) is 0 Å². The molecule has 0 radical (unpaired) electrons. The van der Waals surface area contributed by atoms with Crippen LogP contribution in [0.4, 0.5) is 0 Å². The molecule has 4 heteroatoms. The normalized spacial score (nSPS) is 10.4. The Hall–Kier alpha value is -2.75. The Morgan fingerprint density at radius 3 is 1.78 bits per heavy atom. The second-order valence-electron chi connectivity index (χ2n) is 6.60. The van der Waals surface area contributed by atoms with Gasteiger partial charge < -0.3 is 4.74 Å². The van der Waals surface area contributed by atoms with Gasteiger partial charge >= 0.3 is 5.97 Å². The van der Waals surface area contributed by atoms with Gasteiger partial charge in [0.15, 0.2) is 11.6 Å². The van der Waals surface area contributed by atoms with Gasteiger partial charge in [0.05, 0.1) is 19.1 Å². The van der Waals surface area contributed by atoms with E-state index in [1.165, 1.54) is 44.1 Å². The summed E-state index contributed by atoms with van der Waals surface area (Å²) in [7, 11) is 1.30. The fourth-order valence-corrected chi connectivity index (χ4v) is 2.87. The first-order valence-electron chi connectivity index (χ1n) is 9.39. The van der Waals surface area contributed by atoms with E-state index >= 15 is 0 Å². The van der Waals surface area contributed by atoms with Gasteiger partial charge in [-0.1, -0.05) is 62.6 Å². The number of Topliss-reactive ketones (excluding diaryl/α,β-unsaturated/α-hetero) is 2. The number of hydrogen-bond acceptors (Lipinski definition) is 4. The van der Waals surface area contributed by atoms with Crippen LogP contribution in [0.1, 0.15) is 75.7 Å². The highest BCUT2D eigenvalue weighted by atomic mass is 16.5. The van der Waals surface area contributed by atoms with E-state index in [0.717, 1.165) is 12.8 Å². The number of esters is 1. The van der Waals surface area contributed by atoms with E-state index in [4.69, 9.17) is 0 Å². The molecule has 2 aromatic carbocycles. The van der Waals surface area contributed by atoms with Gasteiger partial charge in [0.1, 0.15) is 0 Å². The monoisotopic (exact) mass is 366 g/mol. The Morgan fingerprint density at radius 2 is 1.26 bits per heavy atom. The smallest absolute Gasteiger partial charge is 0.337 e. The molecule has 0 N–H and O–H groups in total. The molecule has 0 saturated heterocycles. The molecular weight excluding hydrogens is 340 g/mol. The summed E-state index contributed by atoms with van der Waals surface area (Å²) in [5.74, 6) is -0.922. The van der Waals surface area contributed by atoms with Crippen LogP contribution in [0.2, 0.25) is 0 Å². The number of rotatable bonds is 10. The van der Waals surface area contributed by atoms with E-state index in [2.05, 4.69) is 11.7 Å². The molecule has 0 aliphatic rings. The van der Waals surface area contributed by atoms with Crippen molar-refractivity contribution in [3.63, 3.8) is 0 Å². The second-order valence-corrected chi connectivity index (χ2v) is 6.60. The van der Waals surface area contributed by atoms with Crippen molar-refractivity contribution in [3.05, 3.63) is 70.8 Å². The number of benzene rings is 2. The SMILES string of the molecule is CCCCCCc1ccc(C(=O)CC(=O)c2ccc(C(=O)OC)cc2)cc1. The predicted molar refractivity (Wildman–Crippen MR) is 105 cm³/mol. The first-order valence-corrected chi connectivity index (χ1v) is 9.39. The Morgan fingerprint density at radius 1 is 0.741 bits per heavy atom. The highest BCUT2D eigenvalue weighted by molar-refractivity contribution is 6.13. The van der Waals surface area contributed by atoms with E-state index in [9.17, 15) is 14.4 Å². The van der Waals surface area contributed by atoms with E-state index in [0.29, 0.717) is 16.7 Å². The summed E-state index contributed by atoms with van der Waals surface area (Å²) in [5, 5.41) is 0. The zero-order valence-corrected chi connectivity index (χ0v) is 16.0. The standard InChI is InChI=1S/C23H26O4/c1-3-4-5-6-7-17-8-10-18(11-9-17)21(24)16-22(25)19-12-14-20(15-13-19)23(26)27-2/h8-15H,3-7,16H2,1-2H3. The maximum absolute atomic E-state index is 12.4.